The van der Waals surface area contributed by atoms with Crippen molar-refractivity contribution in [3.63, 3.8) is 0 Å². The topological polar surface area (TPSA) is 67.1 Å². The Bertz CT molecular complexity index is 570. The average Bonchev–Trinajstić information content (AvgIpc) is 2.90. The van der Waals surface area contributed by atoms with Crippen LogP contribution in [0.3, 0.4) is 0 Å². The van der Waals surface area contributed by atoms with E-state index in [1.54, 1.807) is 17.5 Å². The molecule has 0 aliphatic heterocycles. The molecule has 0 fully saturated rings. The lowest BCUT2D eigenvalue weighted by molar-refractivity contribution is -0.137. The number of thiazole rings is 1. The number of aromatic nitrogens is 2. The van der Waals surface area contributed by atoms with Crippen molar-refractivity contribution in [2.24, 2.45) is 5.84 Å². The number of hydrazine groups is 1. The molecular formula is C11H12F3N5S. The average molecular weight is 303 g/mol. The molecule has 2 aromatic heterocycles. The summed E-state index contributed by atoms with van der Waals surface area (Å²) in [5, 5.41) is 1.83. The van der Waals surface area contributed by atoms with E-state index in [-0.39, 0.29) is 11.6 Å². The standard InChI is InChI=1S/C11H12F3N5S/c1-19(4-8-5-20-6-16-8)10-3-7(11(12,13)14)2-9(17-10)18-15/h2-3,5-6H,4,15H2,1H3,(H,17,18). The largest absolute Gasteiger partial charge is 0.416 e. The normalized spacial score (nSPS) is 11.4. The highest BCUT2D eigenvalue weighted by Gasteiger charge is 2.32. The second-order valence-electron chi connectivity index (χ2n) is 4.08. The van der Waals surface area contributed by atoms with Gasteiger partial charge in [0.25, 0.3) is 0 Å². The Morgan fingerprint density at radius 3 is 2.70 bits per heavy atom. The van der Waals surface area contributed by atoms with Gasteiger partial charge in [-0.1, -0.05) is 0 Å². The molecule has 0 aliphatic carbocycles. The molecule has 0 amide bonds. The first kappa shape index (κ1) is 14.5. The monoisotopic (exact) mass is 303 g/mol. The van der Waals surface area contributed by atoms with Gasteiger partial charge < -0.3 is 10.3 Å². The molecule has 108 valence electrons. The van der Waals surface area contributed by atoms with Gasteiger partial charge >= 0.3 is 6.18 Å². The molecule has 2 heterocycles. The molecule has 5 nitrogen and oxygen atoms in total. The van der Waals surface area contributed by atoms with E-state index in [0.717, 1.165) is 17.8 Å². The fourth-order valence-electron chi connectivity index (χ4n) is 1.59. The fraction of sp³-hybridized carbons (Fsp3) is 0.273. The predicted molar refractivity (Wildman–Crippen MR) is 71.3 cm³/mol. The van der Waals surface area contributed by atoms with Gasteiger partial charge in [0.2, 0.25) is 0 Å². The molecular weight excluding hydrogens is 291 g/mol. The molecule has 0 aromatic carbocycles. The van der Waals surface area contributed by atoms with Gasteiger partial charge in [-0.3, -0.25) is 0 Å². The molecule has 2 aromatic rings. The molecule has 9 heteroatoms. The summed E-state index contributed by atoms with van der Waals surface area (Å²) in [5.74, 6) is 5.28. The van der Waals surface area contributed by atoms with Crippen molar-refractivity contribution >= 4 is 23.0 Å². The van der Waals surface area contributed by atoms with Crippen molar-refractivity contribution in [3.8, 4) is 0 Å². The minimum absolute atomic E-state index is 0.0417. The number of alkyl halides is 3. The van der Waals surface area contributed by atoms with Gasteiger partial charge in [0.15, 0.2) is 0 Å². The highest BCUT2D eigenvalue weighted by Crippen LogP contribution is 2.32. The maximum Gasteiger partial charge on any atom is 0.416 e. The molecule has 3 N–H and O–H groups in total. The van der Waals surface area contributed by atoms with E-state index in [4.69, 9.17) is 5.84 Å². The Kier molecular flexibility index (Phi) is 4.09. The summed E-state index contributed by atoms with van der Waals surface area (Å²) in [5.41, 5.74) is 3.76. The number of nitrogens with one attached hydrogen (secondary N) is 1. The van der Waals surface area contributed by atoms with Crippen LogP contribution in [0.15, 0.2) is 23.0 Å². The third kappa shape index (κ3) is 3.36. The number of nitrogens with two attached hydrogens (primary N) is 1. The van der Waals surface area contributed by atoms with Crippen LogP contribution in [0.5, 0.6) is 0 Å². The van der Waals surface area contributed by atoms with E-state index in [9.17, 15) is 13.2 Å². The lowest BCUT2D eigenvalue weighted by atomic mass is 10.2. The van der Waals surface area contributed by atoms with Gasteiger partial charge in [0.05, 0.1) is 23.3 Å². The maximum absolute atomic E-state index is 12.8. The summed E-state index contributed by atoms with van der Waals surface area (Å²) in [6.07, 6.45) is -4.45. The smallest absolute Gasteiger partial charge is 0.354 e. The van der Waals surface area contributed by atoms with Gasteiger partial charge in [0, 0.05) is 12.4 Å². The van der Waals surface area contributed by atoms with Crippen molar-refractivity contribution in [3.05, 3.63) is 34.3 Å². The van der Waals surface area contributed by atoms with Gasteiger partial charge in [-0.2, -0.15) is 13.2 Å². The first-order valence-electron chi connectivity index (χ1n) is 5.54. The minimum Gasteiger partial charge on any atom is -0.354 e. The van der Waals surface area contributed by atoms with Crippen molar-refractivity contribution in [2.45, 2.75) is 12.7 Å². The van der Waals surface area contributed by atoms with Crippen LogP contribution >= 0.6 is 11.3 Å². The van der Waals surface area contributed by atoms with Crippen LogP contribution in [0.1, 0.15) is 11.3 Å². The summed E-state index contributed by atoms with van der Waals surface area (Å²) >= 11 is 1.42. The van der Waals surface area contributed by atoms with E-state index < -0.39 is 11.7 Å². The quantitative estimate of drug-likeness (QED) is 0.671. The molecule has 20 heavy (non-hydrogen) atoms. The van der Waals surface area contributed by atoms with Crippen LogP contribution < -0.4 is 16.2 Å². The fourth-order valence-corrected chi connectivity index (χ4v) is 2.14. The zero-order valence-corrected chi connectivity index (χ0v) is 11.3. The number of pyridine rings is 1. The second kappa shape index (κ2) is 5.63. The number of nitrogen functional groups attached to an aromatic ring is 1. The Morgan fingerprint density at radius 1 is 1.40 bits per heavy atom. The first-order chi connectivity index (χ1) is 9.40. The van der Waals surface area contributed by atoms with Crippen molar-refractivity contribution in [1.29, 1.82) is 0 Å². The predicted octanol–water partition coefficient (Wildman–Crippen LogP) is 2.48. The SMILES string of the molecule is CN(Cc1cscn1)c1cc(C(F)(F)F)cc(NN)n1. The molecule has 0 radical (unpaired) electrons. The van der Waals surface area contributed by atoms with Crippen LogP contribution in [0, 0.1) is 0 Å². The first-order valence-corrected chi connectivity index (χ1v) is 6.48. The molecule has 0 bridgehead atoms. The zero-order chi connectivity index (χ0) is 14.8. The summed E-state index contributed by atoms with van der Waals surface area (Å²) < 4.78 is 38.4. The molecule has 0 atom stereocenters. The lowest BCUT2D eigenvalue weighted by Crippen LogP contribution is -2.20. The summed E-state index contributed by atoms with van der Waals surface area (Å²) in [6, 6.07) is 1.84. The van der Waals surface area contributed by atoms with Gasteiger partial charge in [0.1, 0.15) is 11.6 Å². The Hall–Kier alpha value is -1.87. The highest BCUT2D eigenvalue weighted by molar-refractivity contribution is 7.07. The third-order valence-electron chi connectivity index (χ3n) is 2.56. The number of nitrogens with zero attached hydrogens (tertiary/aromatic N) is 3. The minimum atomic E-state index is -4.45. The van der Waals surface area contributed by atoms with E-state index in [2.05, 4.69) is 15.4 Å². The lowest BCUT2D eigenvalue weighted by Gasteiger charge is -2.19. The number of anilines is 2. The number of halogens is 3. The zero-order valence-electron chi connectivity index (χ0n) is 10.5. The van der Waals surface area contributed by atoms with Crippen LogP contribution in [0.25, 0.3) is 0 Å². The molecule has 0 aliphatic rings. The second-order valence-corrected chi connectivity index (χ2v) is 4.80. The molecule has 0 spiro atoms. The highest BCUT2D eigenvalue weighted by atomic mass is 32.1. The molecule has 0 saturated carbocycles. The summed E-state index contributed by atoms with van der Waals surface area (Å²) in [7, 11) is 1.64. The third-order valence-corrected chi connectivity index (χ3v) is 3.20. The van der Waals surface area contributed by atoms with Crippen LogP contribution in [0.4, 0.5) is 24.8 Å². The van der Waals surface area contributed by atoms with E-state index in [0.29, 0.717) is 6.54 Å². The molecule has 2 rings (SSSR count). The van der Waals surface area contributed by atoms with Gasteiger partial charge in [-0.25, -0.2) is 15.8 Å². The van der Waals surface area contributed by atoms with Crippen LogP contribution in [-0.4, -0.2) is 17.0 Å². The van der Waals surface area contributed by atoms with Crippen molar-refractivity contribution in [2.75, 3.05) is 17.4 Å². The van der Waals surface area contributed by atoms with E-state index in [1.165, 1.54) is 11.3 Å². The Balaban J connectivity index is 2.30. The maximum atomic E-state index is 12.8. The number of rotatable bonds is 4. The number of hydrogen-bond acceptors (Lipinski definition) is 6. The Labute approximate surface area is 117 Å². The Morgan fingerprint density at radius 2 is 2.15 bits per heavy atom. The molecule has 0 unspecified atom stereocenters. The van der Waals surface area contributed by atoms with E-state index in [1.807, 2.05) is 5.38 Å². The number of hydrogen-bond donors (Lipinski definition) is 2. The molecule has 0 saturated heterocycles. The van der Waals surface area contributed by atoms with Gasteiger partial charge in [-0.15, -0.1) is 11.3 Å². The summed E-state index contributed by atoms with van der Waals surface area (Å²) in [4.78, 5) is 9.67. The van der Waals surface area contributed by atoms with Crippen LogP contribution in [-0.2, 0) is 12.7 Å². The van der Waals surface area contributed by atoms with Crippen LogP contribution in [0.2, 0.25) is 0 Å². The van der Waals surface area contributed by atoms with Gasteiger partial charge in [-0.05, 0) is 12.1 Å². The summed E-state index contributed by atoms with van der Waals surface area (Å²) in [6.45, 7) is 0.363. The van der Waals surface area contributed by atoms with Crippen molar-refractivity contribution in [1.82, 2.24) is 9.97 Å². The van der Waals surface area contributed by atoms with E-state index >= 15 is 0 Å². The van der Waals surface area contributed by atoms with Crippen molar-refractivity contribution < 1.29 is 13.2 Å².